The summed E-state index contributed by atoms with van der Waals surface area (Å²) in [6, 6.07) is 7.99. The molecule has 1 heterocycles. The van der Waals surface area contributed by atoms with E-state index in [2.05, 4.69) is 11.4 Å². The van der Waals surface area contributed by atoms with Crippen LogP contribution in [-0.2, 0) is 34.2 Å². The molecule has 1 aliphatic rings. The monoisotopic (exact) mass is 346 g/mol. The van der Waals surface area contributed by atoms with Gasteiger partial charge in [-0.15, -0.1) is 0 Å². The van der Waals surface area contributed by atoms with E-state index in [9.17, 15) is 13.2 Å². The number of aromatic nitrogens is 1. The van der Waals surface area contributed by atoms with Crippen molar-refractivity contribution in [2.24, 2.45) is 5.14 Å². The van der Waals surface area contributed by atoms with Gasteiger partial charge in [-0.25, -0.2) is 13.6 Å². The van der Waals surface area contributed by atoms with Gasteiger partial charge in [-0.1, -0.05) is 6.07 Å². The third-order valence-corrected chi connectivity index (χ3v) is 5.03. The Morgan fingerprint density at radius 2 is 1.92 bits per heavy atom. The van der Waals surface area contributed by atoms with Crippen molar-refractivity contribution in [1.29, 1.82) is 0 Å². The van der Waals surface area contributed by atoms with E-state index in [0.717, 1.165) is 12.8 Å². The molecule has 0 unspecified atom stereocenters. The summed E-state index contributed by atoms with van der Waals surface area (Å²) in [5.74, 6) is -0.220. The fraction of sp³-hybridized carbons (Fsp3) is 0.294. The minimum Gasteiger partial charge on any atom is -0.321 e. The molecule has 0 atom stereocenters. The van der Waals surface area contributed by atoms with Crippen LogP contribution in [0.2, 0.25) is 0 Å². The molecule has 1 aromatic heterocycles. The molecule has 24 heavy (non-hydrogen) atoms. The molecule has 2 aromatic rings. The van der Waals surface area contributed by atoms with Gasteiger partial charge in [0.25, 0.3) is 5.91 Å². The Bertz CT molecular complexity index is 878. The Labute approximate surface area is 141 Å². The highest BCUT2D eigenvalue weighted by Gasteiger charge is 2.16. The van der Waals surface area contributed by atoms with E-state index in [1.807, 2.05) is 17.0 Å². The Hall–Kier alpha value is -2.25. The fourth-order valence-electron chi connectivity index (χ4n) is 2.93. The second kappa shape index (κ2) is 6.70. The number of amides is 1. The maximum Gasteiger partial charge on any atom is 0.290 e. The SMILES string of the molecule is NS(=O)(=O)c1cccc(NC(=O)C[n+]2ccc3c(c2)CCCC3)c1. The number of nitrogens with two attached hydrogens (primary N) is 1. The highest BCUT2D eigenvalue weighted by atomic mass is 32.2. The molecule has 3 N–H and O–H groups in total. The van der Waals surface area contributed by atoms with Crippen LogP contribution in [0.15, 0.2) is 47.6 Å². The number of aryl methyl sites for hydroxylation is 2. The van der Waals surface area contributed by atoms with Gasteiger partial charge in [-0.3, -0.25) is 4.79 Å². The highest BCUT2D eigenvalue weighted by molar-refractivity contribution is 7.89. The van der Waals surface area contributed by atoms with Crippen molar-refractivity contribution in [3.8, 4) is 0 Å². The lowest BCUT2D eigenvalue weighted by Crippen LogP contribution is -2.40. The first-order chi connectivity index (χ1) is 11.4. The van der Waals surface area contributed by atoms with Crippen LogP contribution >= 0.6 is 0 Å². The maximum atomic E-state index is 12.2. The smallest absolute Gasteiger partial charge is 0.290 e. The number of fused-ring (bicyclic) bond motifs is 1. The lowest BCUT2D eigenvalue weighted by atomic mass is 9.93. The minimum atomic E-state index is -3.79. The van der Waals surface area contributed by atoms with Gasteiger partial charge >= 0.3 is 0 Å². The van der Waals surface area contributed by atoms with Crippen molar-refractivity contribution in [1.82, 2.24) is 0 Å². The summed E-state index contributed by atoms with van der Waals surface area (Å²) in [6.45, 7) is 0.173. The molecule has 3 rings (SSSR count). The topological polar surface area (TPSA) is 93.1 Å². The van der Waals surface area contributed by atoms with Crippen molar-refractivity contribution < 1.29 is 17.8 Å². The number of pyridine rings is 1. The molecule has 1 aromatic carbocycles. The predicted octanol–water partition coefficient (Wildman–Crippen LogP) is 1.14. The van der Waals surface area contributed by atoms with Gasteiger partial charge in [0.2, 0.25) is 16.6 Å². The molecule has 1 aliphatic carbocycles. The predicted molar refractivity (Wildman–Crippen MR) is 89.7 cm³/mol. The van der Waals surface area contributed by atoms with E-state index < -0.39 is 10.0 Å². The molecular formula is C17H20N3O3S+. The number of nitrogens with zero attached hydrogens (tertiary/aromatic N) is 1. The standard InChI is InChI=1S/C17H19N3O3S/c18-24(22,23)16-7-3-6-15(10-16)19-17(21)12-20-9-8-13-4-1-2-5-14(13)11-20/h3,6-11H,1-2,4-5,12H2,(H2-,18,19,21,22,23)/p+1. The molecule has 1 amide bonds. The number of primary sulfonamides is 1. The third kappa shape index (κ3) is 3.98. The lowest BCUT2D eigenvalue weighted by molar-refractivity contribution is -0.684. The maximum absolute atomic E-state index is 12.2. The van der Waals surface area contributed by atoms with Crippen LogP contribution in [0, 0.1) is 0 Å². The van der Waals surface area contributed by atoms with E-state index in [4.69, 9.17) is 5.14 Å². The van der Waals surface area contributed by atoms with Crippen molar-refractivity contribution in [3.63, 3.8) is 0 Å². The third-order valence-electron chi connectivity index (χ3n) is 4.12. The van der Waals surface area contributed by atoms with Crippen LogP contribution in [0.4, 0.5) is 5.69 Å². The largest absolute Gasteiger partial charge is 0.321 e. The molecular weight excluding hydrogens is 326 g/mol. The summed E-state index contributed by atoms with van der Waals surface area (Å²) in [4.78, 5) is 12.2. The van der Waals surface area contributed by atoms with Gasteiger partial charge in [0.1, 0.15) is 0 Å². The van der Waals surface area contributed by atoms with Crippen molar-refractivity contribution in [2.75, 3.05) is 5.32 Å². The van der Waals surface area contributed by atoms with E-state index in [-0.39, 0.29) is 17.3 Å². The van der Waals surface area contributed by atoms with E-state index >= 15 is 0 Å². The molecule has 126 valence electrons. The number of sulfonamides is 1. The number of anilines is 1. The first-order valence-electron chi connectivity index (χ1n) is 7.85. The summed E-state index contributed by atoms with van der Waals surface area (Å²) < 4.78 is 24.6. The highest BCUT2D eigenvalue weighted by Crippen LogP contribution is 2.19. The zero-order chi connectivity index (χ0) is 17.2. The van der Waals surface area contributed by atoms with Gasteiger partial charge in [0.15, 0.2) is 12.4 Å². The number of benzene rings is 1. The van der Waals surface area contributed by atoms with Crippen molar-refractivity contribution in [2.45, 2.75) is 37.1 Å². The molecule has 0 saturated heterocycles. The summed E-state index contributed by atoms with van der Waals surface area (Å²) >= 11 is 0. The van der Waals surface area contributed by atoms with Gasteiger partial charge in [0.05, 0.1) is 4.90 Å². The van der Waals surface area contributed by atoms with Crippen LogP contribution < -0.4 is 15.0 Å². The van der Waals surface area contributed by atoms with E-state index in [1.165, 1.54) is 36.1 Å². The summed E-state index contributed by atoms with van der Waals surface area (Å²) in [5, 5.41) is 7.80. The number of carbonyl (C=O) groups excluding carboxylic acids is 1. The average molecular weight is 346 g/mol. The average Bonchev–Trinajstić information content (AvgIpc) is 2.54. The summed E-state index contributed by atoms with van der Waals surface area (Å²) in [5.41, 5.74) is 3.07. The summed E-state index contributed by atoms with van der Waals surface area (Å²) in [6.07, 6.45) is 8.48. The molecule has 0 saturated carbocycles. The number of rotatable bonds is 4. The molecule has 7 heteroatoms. The Morgan fingerprint density at radius 1 is 1.17 bits per heavy atom. The fourth-order valence-corrected chi connectivity index (χ4v) is 3.49. The van der Waals surface area contributed by atoms with Gasteiger partial charge in [0, 0.05) is 17.3 Å². The Balaban J connectivity index is 1.70. The van der Waals surface area contributed by atoms with Crippen molar-refractivity contribution in [3.05, 3.63) is 53.9 Å². The van der Waals surface area contributed by atoms with E-state index in [1.54, 1.807) is 12.1 Å². The van der Waals surface area contributed by atoms with Gasteiger partial charge in [-0.05, 0) is 49.4 Å². The number of nitrogens with one attached hydrogen (secondary N) is 1. The quantitative estimate of drug-likeness (QED) is 0.813. The van der Waals surface area contributed by atoms with Crippen LogP contribution in [0.5, 0.6) is 0 Å². The second-order valence-corrected chi connectivity index (χ2v) is 7.56. The number of hydrogen-bond donors (Lipinski definition) is 2. The molecule has 0 fully saturated rings. The van der Waals surface area contributed by atoms with Gasteiger partial charge in [-0.2, -0.15) is 4.57 Å². The number of carbonyl (C=O) groups is 1. The van der Waals surface area contributed by atoms with E-state index in [0.29, 0.717) is 5.69 Å². The Kier molecular flexibility index (Phi) is 4.64. The first-order valence-corrected chi connectivity index (χ1v) is 9.40. The minimum absolute atomic E-state index is 0.0262. The van der Waals surface area contributed by atoms with Crippen LogP contribution in [0.3, 0.4) is 0 Å². The zero-order valence-corrected chi connectivity index (χ0v) is 14.1. The first kappa shape index (κ1) is 16.6. The summed E-state index contributed by atoms with van der Waals surface area (Å²) in [7, 11) is -3.79. The normalized spacial score (nSPS) is 14.0. The molecule has 0 spiro atoms. The second-order valence-electron chi connectivity index (χ2n) is 6.00. The van der Waals surface area contributed by atoms with Crippen LogP contribution in [0.25, 0.3) is 0 Å². The van der Waals surface area contributed by atoms with Crippen molar-refractivity contribution >= 4 is 21.6 Å². The number of hydrogen-bond acceptors (Lipinski definition) is 3. The van der Waals surface area contributed by atoms with Gasteiger partial charge < -0.3 is 5.32 Å². The molecule has 6 nitrogen and oxygen atoms in total. The lowest BCUT2D eigenvalue weighted by Gasteiger charge is -2.13. The Morgan fingerprint density at radius 3 is 2.67 bits per heavy atom. The molecule has 0 radical (unpaired) electrons. The zero-order valence-electron chi connectivity index (χ0n) is 13.2. The molecule has 0 aliphatic heterocycles. The van der Waals surface area contributed by atoms with Crippen LogP contribution in [-0.4, -0.2) is 14.3 Å². The van der Waals surface area contributed by atoms with Crippen LogP contribution in [0.1, 0.15) is 24.0 Å². The molecule has 0 bridgehead atoms.